The van der Waals surface area contributed by atoms with Crippen molar-refractivity contribution < 1.29 is 9.53 Å². The molecule has 2 nitrogen and oxygen atoms in total. The maximum Gasteiger partial charge on any atom is 0.160 e. The van der Waals surface area contributed by atoms with Gasteiger partial charge in [0.15, 0.2) is 5.78 Å². The molecule has 0 radical (unpaired) electrons. The second kappa shape index (κ2) is 4.47. The lowest BCUT2D eigenvalue weighted by Gasteiger charge is -2.10. The maximum absolute atomic E-state index is 11.3. The minimum absolute atomic E-state index is 0.00551. The minimum atomic E-state index is 0.00551. The van der Waals surface area contributed by atoms with Gasteiger partial charge in [-0.3, -0.25) is 4.79 Å². The summed E-state index contributed by atoms with van der Waals surface area (Å²) < 4.78 is 5.37. The number of hydrogen-bond acceptors (Lipinski definition) is 2. The lowest BCUT2D eigenvalue weighted by molar-refractivity contribution is 0.101. The van der Waals surface area contributed by atoms with Gasteiger partial charge < -0.3 is 4.74 Å². The smallest absolute Gasteiger partial charge is 0.160 e. The van der Waals surface area contributed by atoms with Gasteiger partial charge in [-0.1, -0.05) is 11.6 Å². The summed E-state index contributed by atoms with van der Waals surface area (Å²) in [6, 6.07) is 3.40. The molecular formula is C11H13ClO2. The van der Waals surface area contributed by atoms with E-state index in [-0.39, 0.29) is 5.78 Å². The summed E-state index contributed by atoms with van der Waals surface area (Å²) in [6.07, 6.45) is 0. The van der Waals surface area contributed by atoms with E-state index < -0.39 is 0 Å². The highest BCUT2D eigenvalue weighted by molar-refractivity contribution is 6.31. The number of carbonyl (C=O) groups is 1. The molecule has 0 aromatic heterocycles. The zero-order valence-corrected chi connectivity index (χ0v) is 9.31. The maximum atomic E-state index is 11.3. The Morgan fingerprint density at radius 2 is 2.14 bits per heavy atom. The van der Waals surface area contributed by atoms with Gasteiger partial charge in [-0.2, -0.15) is 0 Å². The molecule has 0 aliphatic heterocycles. The molecule has 1 aromatic rings. The SMILES string of the molecule is CCOc1cc(Cl)cc(C(C)=O)c1C. The van der Waals surface area contributed by atoms with Crippen LogP contribution in [-0.2, 0) is 0 Å². The molecule has 0 spiro atoms. The van der Waals surface area contributed by atoms with Gasteiger partial charge in [-0.25, -0.2) is 0 Å². The Morgan fingerprint density at radius 1 is 1.50 bits per heavy atom. The fraction of sp³-hybridized carbons (Fsp3) is 0.364. The average Bonchev–Trinajstić information content (AvgIpc) is 2.10. The van der Waals surface area contributed by atoms with Crippen molar-refractivity contribution in [1.29, 1.82) is 0 Å². The van der Waals surface area contributed by atoms with Crippen molar-refractivity contribution in [2.75, 3.05) is 6.61 Å². The van der Waals surface area contributed by atoms with Crippen LogP contribution in [0.25, 0.3) is 0 Å². The number of rotatable bonds is 3. The molecule has 0 N–H and O–H groups in total. The van der Waals surface area contributed by atoms with Crippen LogP contribution in [0, 0.1) is 6.92 Å². The van der Waals surface area contributed by atoms with Crippen LogP contribution in [0.15, 0.2) is 12.1 Å². The fourth-order valence-electron chi connectivity index (χ4n) is 1.33. The highest BCUT2D eigenvalue weighted by atomic mass is 35.5. The molecule has 14 heavy (non-hydrogen) atoms. The van der Waals surface area contributed by atoms with Crippen LogP contribution < -0.4 is 4.74 Å². The molecule has 0 heterocycles. The molecule has 0 fully saturated rings. The first-order valence-electron chi connectivity index (χ1n) is 4.50. The summed E-state index contributed by atoms with van der Waals surface area (Å²) in [6.45, 7) is 5.85. The Labute approximate surface area is 88.8 Å². The van der Waals surface area contributed by atoms with Crippen molar-refractivity contribution in [3.05, 3.63) is 28.3 Å². The van der Waals surface area contributed by atoms with Crippen LogP contribution in [0.3, 0.4) is 0 Å². The van der Waals surface area contributed by atoms with Crippen molar-refractivity contribution in [3.8, 4) is 5.75 Å². The zero-order chi connectivity index (χ0) is 10.7. The standard InChI is InChI=1S/C11H13ClO2/c1-4-14-11-6-9(12)5-10(7(11)2)8(3)13/h5-6H,4H2,1-3H3. The number of ketones is 1. The minimum Gasteiger partial charge on any atom is -0.494 e. The first-order valence-corrected chi connectivity index (χ1v) is 4.88. The first-order chi connectivity index (χ1) is 6.56. The molecule has 0 amide bonds. The Bertz CT molecular complexity index is 359. The highest BCUT2D eigenvalue weighted by Crippen LogP contribution is 2.27. The van der Waals surface area contributed by atoms with E-state index in [2.05, 4.69) is 0 Å². The van der Waals surface area contributed by atoms with E-state index in [0.29, 0.717) is 22.9 Å². The van der Waals surface area contributed by atoms with E-state index in [1.807, 2.05) is 13.8 Å². The van der Waals surface area contributed by atoms with E-state index in [1.165, 1.54) is 6.92 Å². The van der Waals surface area contributed by atoms with Crippen LogP contribution in [0.2, 0.25) is 5.02 Å². The largest absolute Gasteiger partial charge is 0.494 e. The monoisotopic (exact) mass is 212 g/mol. The van der Waals surface area contributed by atoms with E-state index >= 15 is 0 Å². The molecule has 0 saturated heterocycles. The third kappa shape index (κ3) is 2.26. The molecular weight excluding hydrogens is 200 g/mol. The van der Waals surface area contributed by atoms with Crippen molar-refractivity contribution in [2.45, 2.75) is 20.8 Å². The van der Waals surface area contributed by atoms with Crippen molar-refractivity contribution in [3.63, 3.8) is 0 Å². The Kier molecular flexibility index (Phi) is 3.53. The van der Waals surface area contributed by atoms with Gasteiger partial charge in [-0.05, 0) is 32.9 Å². The van der Waals surface area contributed by atoms with E-state index in [4.69, 9.17) is 16.3 Å². The lowest BCUT2D eigenvalue weighted by atomic mass is 10.0. The molecule has 1 aromatic carbocycles. The summed E-state index contributed by atoms with van der Waals surface area (Å²) in [5, 5.41) is 0.532. The van der Waals surface area contributed by atoms with Gasteiger partial charge >= 0.3 is 0 Å². The number of ether oxygens (including phenoxy) is 1. The summed E-state index contributed by atoms with van der Waals surface area (Å²) >= 11 is 5.87. The van der Waals surface area contributed by atoms with Gasteiger partial charge in [0.05, 0.1) is 6.61 Å². The van der Waals surface area contributed by atoms with Crippen LogP contribution >= 0.6 is 11.6 Å². The summed E-state index contributed by atoms with van der Waals surface area (Å²) in [5.74, 6) is 0.691. The molecule has 0 aliphatic carbocycles. The summed E-state index contributed by atoms with van der Waals surface area (Å²) in [4.78, 5) is 11.3. The van der Waals surface area contributed by atoms with Crippen molar-refractivity contribution in [2.24, 2.45) is 0 Å². The highest BCUT2D eigenvalue weighted by Gasteiger charge is 2.10. The van der Waals surface area contributed by atoms with Gasteiger partial charge in [0.25, 0.3) is 0 Å². The second-order valence-corrected chi connectivity index (χ2v) is 3.50. The quantitative estimate of drug-likeness (QED) is 0.719. The fourth-order valence-corrected chi connectivity index (χ4v) is 1.53. The molecule has 1 rings (SSSR count). The predicted molar refractivity (Wildman–Crippen MR) is 57.4 cm³/mol. The normalized spacial score (nSPS) is 10.0. The molecule has 76 valence electrons. The summed E-state index contributed by atoms with van der Waals surface area (Å²) in [7, 11) is 0. The average molecular weight is 213 g/mol. The molecule has 3 heteroatoms. The Balaban J connectivity index is 3.24. The number of Topliss-reactive ketones (excluding diaryl/α,β-unsaturated/α-hetero) is 1. The number of halogens is 1. The first kappa shape index (κ1) is 11.1. The number of carbonyl (C=O) groups excluding carboxylic acids is 1. The van der Waals surface area contributed by atoms with Crippen molar-refractivity contribution >= 4 is 17.4 Å². The zero-order valence-electron chi connectivity index (χ0n) is 8.56. The summed E-state index contributed by atoms with van der Waals surface area (Å²) in [5.41, 5.74) is 1.48. The van der Waals surface area contributed by atoms with Crippen LogP contribution in [-0.4, -0.2) is 12.4 Å². The predicted octanol–water partition coefficient (Wildman–Crippen LogP) is 3.25. The van der Waals surface area contributed by atoms with E-state index in [0.717, 1.165) is 5.56 Å². The van der Waals surface area contributed by atoms with E-state index in [9.17, 15) is 4.79 Å². The lowest BCUT2D eigenvalue weighted by Crippen LogP contribution is -2.01. The molecule has 0 atom stereocenters. The third-order valence-corrected chi connectivity index (χ3v) is 2.22. The Hall–Kier alpha value is -1.02. The van der Waals surface area contributed by atoms with Crippen LogP contribution in [0.1, 0.15) is 29.8 Å². The molecule has 0 saturated carbocycles. The molecule has 0 unspecified atom stereocenters. The van der Waals surface area contributed by atoms with Crippen LogP contribution in [0.4, 0.5) is 0 Å². The third-order valence-electron chi connectivity index (χ3n) is 2.00. The van der Waals surface area contributed by atoms with Gasteiger partial charge in [-0.15, -0.1) is 0 Å². The number of benzene rings is 1. The second-order valence-electron chi connectivity index (χ2n) is 3.07. The van der Waals surface area contributed by atoms with Crippen molar-refractivity contribution in [1.82, 2.24) is 0 Å². The van der Waals surface area contributed by atoms with Gasteiger partial charge in [0.1, 0.15) is 5.75 Å². The van der Waals surface area contributed by atoms with Crippen LogP contribution in [0.5, 0.6) is 5.75 Å². The number of hydrogen-bond donors (Lipinski definition) is 0. The molecule has 0 bridgehead atoms. The topological polar surface area (TPSA) is 26.3 Å². The van der Waals surface area contributed by atoms with Gasteiger partial charge in [0.2, 0.25) is 0 Å². The Morgan fingerprint density at radius 3 is 2.64 bits per heavy atom. The molecule has 0 aliphatic rings. The van der Waals surface area contributed by atoms with E-state index in [1.54, 1.807) is 12.1 Å². The van der Waals surface area contributed by atoms with Gasteiger partial charge in [0, 0.05) is 16.1 Å².